The molecule has 336 valence electrons. The Balaban J connectivity index is 1.20. The number of carbonyl (C=O) groups excluding carboxylic acids is 6. The highest BCUT2D eigenvalue weighted by molar-refractivity contribution is 8.00. The number of carbonyl (C=O) groups is 6. The monoisotopic (exact) mass is 890 g/mol. The molecule has 4 bridgehead atoms. The second-order valence-corrected chi connectivity index (χ2v) is 17.6. The Morgan fingerprint density at radius 1 is 1.13 bits per heavy atom. The molecule has 0 aliphatic carbocycles. The van der Waals surface area contributed by atoms with Gasteiger partial charge in [-0.25, -0.2) is 9.59 Å². The summed E-state index contributed by atoms with van der Waals surface area (Å²) in [6.45, 7) is 10.1. The first-order chi connectivity index (χ1) is 29.1. The van der Waals surface area contributed by atoms with Gasteiger partial charge in [-0.2, -0.15) is 0 Å². The van der Waals surface area contributed by atoms with Crippen molar-refractivity contribution < 1.29 is 57.2 Å². The second kappa shape index (κ2) is 21.8. The zero-order chi connectivity index (χ0) is 44.4. The van der Waals surface area contributed by atoms with E-state index in [2.05, 4.69) is 10.6 Å². The summed E-state index contributed by atoms with van der Waals surface area (Å²) < 4.78 is 35.1. The van der Waals surface area contributed by atoms with Gasteiger partial charge < -0.3 is 44.0 Å². The summed E-state index contributed by atoms with van der Waals surface area (Å²) in [6.07, 6.45) is 3.96. The van der Waals surface area contributed by atoms with E-state index in [-0.39, 0.29) is 86.2 Å². The molecule has 2 N–H and O–H groups in total. The van der Waals surface area contributed by atoms with Crippen LogP contribution in [0.25, 0.3) is 0 Å². The number of alkyl carbamates (subject to hydrolysis) is 1. The SMILES string of the molecule is CCNC(=O)CCN1C(=O)CC(SCCOCCO[C@@H](C)C(=O)O[C@H]2CC(=O)N(C)c3cc(cc(OC)c3Cl)C/C(C)=C/C=C/C[C@H]3CC(OC(=O)N3)[C@@H](C)[C@@H]3O[C@@]23C)C1=O. The molecule has 3 saturated heterocycles. The van der Waals surface area contributed by atoms with Crippen molar-refractivity contribution in [3.05, 3.63) is 46.5 Å². The van der Waals surface area contributed by atoms with Gasteiger partial charge in [0.1, 0.15) is 28.6 Å². The molecule has 61 heavy (non-hydrogen) atoms. The lowest BCUT2D eigenvalue weighted by Crippen LogP contribution is -2.49. The van der Waals surface area contributed by atoms with Gasteiger partial charge in [-0.3, -0.25) is 24.1 Å². The summed E-state index contributed by atoms with van der Waals surface area (Å²) in [5.74, 6) is -1.36. The number of hydrogen-bond acceptors (Lipinski definition) is 13. The normalized spacial score (nSPS) is 28.8. The highest BCUT2D eigenvalue weighted by Crippen LogP contribution is 2.49. The third-order valence-corrected chi connectivity index (χ3v) is 12.9. The van der Waals surface area contributed by atoms with Crippen molar-refractivity contribution in [2.45, 2.75) is 114 Å². The van der Waals surface area contributed by atoms with Gasteiger partial charge in [0, 0.05) is 57.1 Å². The number of hydrogen-bond donors (Lipinski definition) is 2. The molecule has 5 rings (SSSR count). The van der Waals surface area contributed by atoms with Crippen LogP contribution in [-0.2, 0) is 54.1 Å². The van der Waals surface area contributed by atoms with Gasteiger partial charge in [-0.1, -0.05) is 42.3 Å². The lowest BCUT2D eigenvalue weighted by molar-refractivity contribution is -0.166. The van der Waals surface area contributed by atoms with Crippen molar-refractivity contribution in [1.29, 1.82) is 0 Å². The number of ether oxygens (including phenoxy) is 6. The second-order valence-electron chi connectivity index (χ2n) is 15.9. The molecule has 8 atom stereocenters. The lowest BCUT2D eigenvalue weighted by Gasteiger charge is -2.33. The van der Waals surface area contributed by atoms with Gasteiger partial charge in [0.15, 0.2) is 6.10 Å². The number of nitrogens with one attached hydrogen (secondary N) is 2. The largest absolute Gasteiger partial charge is 0.495 e. The highest BCUT2D eigenvalue weighted by atomic mass is 35.5. The Bertz CT molecular complexity index is 1860. The zero-order valence-electron chi connectivity index (χ0n) is 36.0. The predicted molar refractivity (Wildman–Crippen MR) is 228 cm³/mol. The van der Waals surface area contributed by atoms with Crippen LogP contribution >= 0.6 is 23.4 Å². The molecule has 1 aromatic rings. The third kappa shape index (κ3) is 12.5. The molecule has 3 fully saturated rings. The number of methoxy groups -OCH3 is 1. The molecule has 4 aliphatic rings. The van der Waals surface area contributed by atoms with E-state index in [9.17, 15) is 28.8 Å². The van der Waals surface area contributed by atoms with Crippen molar-refractivity contribution in [2.24, 2.45) is 5.92 Å². The first-order valence-corrected chi connectivity index (χ1v) is 22.2. The van der Waals surface area contributed by atoms with Crippen LogP contribution in [-0.4, -0.2) is 135 Å². The van der Waals surface area contributed by atoms with Gasteiger partial charge in [0.05, 0.1) is 50.4 Å². The van der Waals surface area contributed by atoms with Gasteiger partial charge in [0.2, 0.25) is 23.6 Å². The van der Waals surface area contributed by atoms with E-state index in [1.165, 1.54) is 23.8 Å². The fourth-order valence-corrected chi connectivity index (χ4v) is 9.10. The Kier molecular flexibility index (Phi) is 17.1. The van der Waals surface area contributed by atoms with Crippen molar-refractivity contribution in [3.63, 3.8) is 0 Å². The number of fused-ring (bicyclic) bond motifs is 5. The molecular weight excluding hydrogens is 832 g/mol. The number of esters is 1. The van der Waals surface area contributed by atoms with Crippen LogP contribution in [0.3, 0.4) is 0 Å². The van der Waals surface area contributed by atoms with E-state index in [0.29, 0.717) is 43.0 Å². The number of rotatable bonds is 15. The van der Waals surface area contributed by atoms with Crippen LogP contribution < -0.4 is 20.3 Å². The molecule has 4 heterocycles. The Labute approximate surface area is 366 Å². The quantitative estimate of drug-likeness (QED) is 0.108. The number of thioether (sulfide) groups is 1. The van der Waals surface area contributed by atoms with E-state index in [1.807, 2.05) is 44.2 Å². The number of allylic oxidation sites excluding steroid dienone is 3. The average molecular weight is 891 g/mol. The first-order valence-electron chi connectivity index (χ1n) is 20.8. The number of nitrogens with zero attached hydrogens (tertiary/aromatic N) is 2. The molecule has 4 aliphatic heterocycles. The number of epoxide rings is 1. The maximum atomic E-state index is 14.1. The topological polar surface area (TPSA) is 192 Å². The minimum absolute atomic E-state index is 0.0535. The molecule has 5 amide bonds. The van der Waals surface area contributed by atoms with Crippen molar-refractivity contribution >= 4 is 64.7 Å². The molecule has 2 unspecified atom stereocenters. The standard InChI is InChI=1S/C43H59ClN4O12S/c1-8-45-35(49)13-14-48-37(51)23-33(40(48)52)61-18-17-56-15-16-57-27(4)41(53)59-34-24-36(50)47(6)30-20-28(21-32(55-7)38(30)44)19-25(2)11-9-10-12-29-22-31(58-42(54)46-29)26(3)39-43(34,5)60-39/h9-11,20-21,26-27,29,31,33-34,39H,8,12-19,22-24H2,1-7H3,(H,45,49)(H,46,54)/b10-9+,25-11+/t26-,27+,29+,31?,33?,34+,39+,43+/m1/s1. The van der Waals surface area contributed by atoms with Gasteiger partial charge >= 0.3 is 12.1 Å². The van der Waals surface area contributed by atoms with Crippen LogP contribution in [0.2, 0.25) is 5.02 Å². The number of likely N-dealkylation sites (tertiary alicyclic amines) is 1. The number of halogens is 1. The highest BCUT2D eigenvalue weighted by Gasteiger charge is 2.63. The minimum Gasteiger partial charge on any atom is -0.495 e. The summed E-state index contributed by atoms with van der Waals surface area (Å²) in [4.78, 5) is 79.8. The first kappa shape index (κ1) is 47.9. The van der Waals surface area contributed by atoms with Crippen LogP contribution in [0.5, 0.6) is 5.75 Å². The summed E-state index contributed by atoms with van der Waals surface area (Å²) in [6, 6.07) is 3.51. The fraction of sp³-hybridized carbons (Fsp3) is 0.628. The Morgan fingerprint density at radius 2 is 1.90 bits per heavy atom. The molecule has 0 saturated carbocycles. The van der Waals surface area contributed by atoms with Crippen LogP contribution in [0.4, 0.5) is 10.5 Å². The summed E-state index contributed by atoms with van der Waals surface area (Å²) in [7, 11) is 3.11. The van der Waals surface area contributed by atoms with E-state index >= 15 is 0 Å². The van der Waals surface area contributed by atoms with Crippen LogP contribution in [0.1, 0.15) is 72.3 Å². The third-order valence-electron chi connectivity index (χ3n) is 11.4. The average Bonchev–Trinajstić information content (AvgIpc) is 3.84. The smallest absolute Gasteiger partial charge is 0.407 e. The number of benzene rings is 1. The Morgan fingerprint density at radius 3 is 2.64 bits per heavy atom. The minimum atomic E-state index is -1.10. The van der Waals surface area contributed by atoms with Crippen molar-refractivity contribution in [3.8, 4) is 5.75 Å². The van der Waals surface area contributed by atoms with Crippen molar-refractivity contribution in [1.82, 2.24) is 15.5 Å². The van der Waals surface area contributed by atoms with Crippen LogP contribution in [0, 0.1) is 5.92 Å². The molecule has 18 heteroatoms. The summed E-state index contributed by atoms with van der Waals surface area (Å²) in [5, 5.41) is 5.29. The van der Waals surface area contributed by atoms with Gasteiger partial charge in [0.25, 0.3) is 0 Å². The van der Waals surface area contributed by atoms with E-state index in [4.69, 9.17) is 40.0 Å². The lowest BCUT2D eigenvalue weighted by atomic mass is 9.85. The molecule has 0 aromatic heterocycles. The van der Waals surface area contributed by atoms with Crippen LogP contribution in [0.15, 0.2) is 35.9 Å². The molecular formula is C43H59ClN4O12S. The van der Waals surface area contributed by atoms with E-state index < -0.39 is 47.3 Å². The number of anilines is 1. The molecule has 16 nitrogen and oxygen atoms in total. The molecule has 0 spiro atoms. The molecule has 0 radical (unpaired) electrons. The van der Waals surface area contributed by atoms with Crippen molar-refractivity contribution in [2.75, 3.05) is 57.7 Å². The van der Waals surface area contributed by atoms with E-state index in [1.54, 1.807) is 27.8 Å². The predicted octanol–water partition coefficient (Wildman–Crippen LogP) is 4.53. The van der Waals surface area contributed by atoms with Gasteiger partial charge in [-0.05, 0) is 58.2 Å². The summed E-state index contributed by atoms with van der Waals surface area (Å²) >= 11 is 8.08. The summed E-state index contributed by atoms with van der Waals surface area (Å²) in [5.41, 5.74) is 1.25. The molecule has 1 aromatic carbocycles. The Hall–Kier alpha value is -4.16. The fourth-order valence-electron chi connectivity index (χ4n) is 7.76. The maximum Gasteiger partial charge on any atom is 0.407 e. The maximum absolute atomic E-state index is 14.1. The number of imide groups is 1. The van der Waals surface area contributed by atoms with Gasteiger partial charge in [-0.15, -0.1) is 11.8 Å². The van der Waals surface area contributed by atoms with E-state index in [0.717, 1.165) is 16.0 Å². The number of amides is 5. The zero-order valence-corrected chi connectivity index (χ0v) is 37.6.